The predicted octanol–water partition coefficient (Wildman–Crippen LogP) is 2.25. The second-order valence-electron chi connectivity index (χ2n) is 2.38. The summed E-state index contributed by atoms with van der Waals surface area (Å²) in [5, 5.41) is 0. The van der Waals surface area contributed by atoms with Crippen molar-refractivity contribution in [3.8, 4) is 0 Å². The summed E-state index contributed by atoms with van der Waals surface area (Å²) in [6.07, 6.45) is 3.86. The lowest BCUT2D eigenvalue weighted by atomic mass is 10.00. The molecule has 0 heterocycles. The highest BCUT2D eigenvalue weighted by atomic mass is 32.1. The summed E-state index contributed by atoms with van der Waals surface area (Å²) in [4.78, 5) is 0. The lowest BCUT2D eigenvalue weighted by Crippen LogP contribution is -2.07. The van der Waals surface area contributed by atoms with E-state index in [0.29, 0.717) is 0 Å². The van der Waals surface area contributed by atoms with Crippen LogP contribution < -0.4 is 4.72 Å². The van der Waals surface area contributed by atoms with E-state index < -0.39 is 0 Å². The number of hydrogen-bond acceptors (Lipinski definition) is 2. The highest BCUT2D eigenvalue weighted by molar-refractivity contribution is 7.78. The lowest BCUT2D eigenvalue weighted by molar-refractivity contribution is 0.458. The summed E-state index contributed by atoms with van der Waals surface area (Å²) < 4.78 is 2.86. The SMILES string of the molecule is CCC(CC)CCNS. The molecule has 0 aliphatic heterocycles. The summed E-state index contributed by atoms with van der Waals surface area (Å²) >= 11 is 3.92. The zero-order valence-corrected chi connectivity index (χ0v) is 7.25. The van der Waals surface area contributed by atoms with Gasteiger partial charge in [0.05, 0.1) is 0 Å². The fourth-order valence-corrected chi connectivity index (χ4v) is 1.09. The fraction of sp³-hybridized carbons (Fsp3) is 1.00. The van der Waals surface area contributed by atoms with Gasteiger partial charge in [0.25, 0.3) is 0 Å². The van der Waals surface area contributed by atoms with Crippen LogP contribution in [0.15, 0.2) is 0 Å². The number of nitrogens with one attached hydrogen (secondary N) is 1. The molecule has 0 saturated heterocycles. The van der Waals surface area contributed by atoms with Crippen LogP contribution in [0.5, 0.6) is 0 Å². The molecule has 1 N–H and O–H groups in total. The molecule has 0 atom stereocenters. The standard InChI is InChI=1S/C7H17NS/c1-3-7(4-2)5-6-8-9/h7-9H,3-6H2,1-2H3. The maximum atomic E-state index is 3.92. The molecular weight excluding hydrogens is 130 g/mol. The molecule has 1 nitrogen and oxygen atoms in total. The number of hydrogen-bond donors (Lipinski definition) is 2. The molecule has 9 heavy (non-hydrogen) atoms. The van der Waals surface area contributed by atoms with E-state index in [1.54, 1.807) is 0 Å². The monoisotopic (exact) mass is 147 g/mol. The van der Waals surface area contributed by atoms with E-state index in [4.69, 9.17) is 0 Å². The van der Waals surface area contributed by atoms with Crippen molar-refractivity contribution in [2.45, 2.75) is 33.1 Å². The van der Waals surface area contributed by atoms with Crippen LogP contribution in [0.2, 0.25) is 0 Å². The molecule has 0 aliphatic carbocycles. The fourth-order valence-electron chi connectivity index (χ4n) is 0.966. The summed E-state index contributed by atoms with van der Waals surface area (Å²) in [6.45, 7) is 5.52. The second kappa shape index (κ2) is 6.43. The van der Waals surface area contributed by atoms with Gasteiger partial charge in [-0.3, -0.25) is 4.72 Å². The Bertz CT molecular complexity index is 52.9. The van der Waals surface area contributed by atoms with Crippen molar-refractivity contribution in [2.75, 3.05) is 6.54 Å². The van der Waals surface area contributed by atoms with Crippen LogP contribution in [0.1, 0.15) is 33.1 Å². The van der Waals surface area contributed by atoms with Gasteiger partial charge in [-0.05, 0) is 12.3 Å². The molecule has 0 unspecified atom stereocenters. The van der Waals surface area contributed by atoms with Crippen LogP contribution in [-0.2, 0) is 0 Å². The Morgan fingerprint density at radius 3 is 2.22 bits per heavy atom. The van der Waals surface area contributed by atoms with Crippen molar-refractivity contribution in [3.63, 3.8) is 0 Å². The highest BCUT2D eigenvalue weighted by Crippen LogP contribution is 2.10. The number of rotatable bonds is 5. The Hall–Kier alpha value is 0.310. The van der Waals surface area contributed by atoms with Crippen LogP contribution >= 0.6 is 12.8 Å². The molecule has 0 bridgehead atoms. The molecular formula is C7H17NS. The van der Waals surface area contributed by atoms with Crippen LogP contribution in [0, 0.1) is 5.92 Å². The van der Waals surface area contributed by atoms with Gasteiger partial charge in [-0.1, -0.05) is 39.5 Å². The van der Waals surface area contributed by atoms with Gasteiger partial charge < -0.3 is 0 Å². The summed E-state index contributed by atoms with van der Waals surface area (Å²) in [6, 6.07) is 0. The number of thiol groups is 1. The van der Waals surface area contributed by atoms with Crippen LogP contribution in [0.3, 0.4) is 0 Å². The lowest BCUT2D eigenvalue weighted by Gasteiger charge is -2.09. The molecule has 0 aromatic carbocycles. The van der Waals surface area contributed by atoms with Crippen molar-refractivity contribution >= 4 is 12.8 Å². The Labute approximate surface area is 63.8 Å². The van der Waals surface area contributed by atoms with E-state index in [-0.39, 0.29) is 0 Å². The third-order valence-electron chi connectivity index (χ3n) is 1.82. The molecule has 0 aromatic rings. The highest BCUT2D eigenvalue weighted by Gasteiger charge is 2.00. The van der Waals surface area contributed by atoms with E-state index >= 15 is 0 Å². The van der Waals surface area contributed by atoms with Gasteiger partial charge in [0.1, 0.15) is 0 Å². The molecule has 0 fully saturated rings. The molecule has 2 heteroatoms. The van der Waals surface area contributed by atoms with E-state index in [1.165, 1.54) is 19.3 Å². The van der Waals surface area contributed by atoms with Gasteiger partial charge >= 0.3 is 0 Å². The predicted molar refractivity (Wildman–Crippen MR) is 45.7 cm³/mol. The van der Waals surface area contributed by atoms with Crippen molar-refractivity contribution in [1.29, 1.82) is 0 Å². The first-order chi connectivity index (χ1) is 4.35. The minimum atomic E-state index is 0.893. The van der Waals surface area contributed by atoms with Crippen LogP contribution in [-0.4, -0.2) is 6.54 Å². The molecule has 0 saturated carbocycles. The Kier molecular flexibility index (Phi) is 6.65. The zero-order chi connectivity index (χ0) is 7.11. The van der Waals surface area contributed by atoms with Crippen LogP contribution in [0.25, 0.3) is 0 Å². The van der Waals surface area contributed by atoms with Gasteiger partial charge in [0.2, 0.25) is 0 Å². The minimum absolute atomic E-state index is 0.893. The first kappa shape index (κ1) is 9.31. The average Bonchev–Trinajstić information content (AvgIpc) is 1.91. The Morgan fingerprint density at radius 1 is 1.33 bits per heavy atom. The minimum Gasteiger partial charge on any atom is -0.267 e. The van der Waals surface area contributed by atoms with Crippen molar-refractivity contribution in [3.05, 3.63) is 0 Å². The first-order valence-corrected chi connectivity index (χ1v) is 4.16. The van der Waals surface area contributed by atoms with E-state index in [1.807, 2.05) is 0 Å². The van der Waals surface area contributed by atoms with Gasteiger partial charge in [-0.2, -0.15) is 0 Å². The largest absolute Gasteiger partial charge is 0.267 e. The zero-order valence-electron chi connectivity index (χ0n) is 6.35. The summed E-state index contributed by atoms with van der Waals surface area (Å²) in [5.41, 5.74) is 0. The maximum Gasteiger partial charge on any atom is 0.00587 e. The quantitative estimate of drug-likeness (QED) is 0.568. The van der Waals surface area contributed by atoms with Gasteiger partial charge in [-0.15, -0.1) is 0 Å². The van der Waals surface area contributed by atoms with Crippen molar-refractivity contribution in [1.82, 2.24) is 4.72 Å². The average molecular weight is 147 g/mol. The molecule has 0 radical (unpaired) electrons. The Morgan fingerprint density at radius 2 is 1.89 bits per heavy atom. The molecule has 0 aliphatic rings. The molecule has 0 aromatic heterocycles. The van der Waals surface area contributed by atoms with Gasteiger partial charge in [0.15, 0.2) is 0 Å². The smallest absolute Gasteiger partial charge is 0.00587 e. The maximum absolute atomic E-state index is 3.92. The third-order valence-corrected chi connectivity index (χ3v) is 2.04. The van der Waals surface area contributed by atoms with Crippen molar-refractivity contribution in [2.24, 2.45) is 5.92 Å². The van der Waals surface area contributed by atoms with Crippen molar-refractivity contribution < 1.29 is 0 Å². The van der Waals surface area contributed by atoms with E-state index in [9.17, 15) is 0 Å². The molecule has 0 amide bonds. The molecule has 56 valence electrons. The Balaban J connectivity index is 3.09. The summed E-state index contributed by atoms with van der Waals surface area (Å²) in [7, 11) is 0. The normalized spacial score (nSPS) is 10.7. The van der Waals surface area contributed by atoms with E-state index in [2.05, 4.69) is 31.4 Å². The van der Waals surface area contributed by atoms with E-state index in [0.717, 1.165) is 12.5 Å². The third kappa shape index (κ3) is 4.79. The van der Waals surface area contributed by atoms with Crippen LogP contribution in [0.4, 0.5) is 0 Å². The second-order valence-corrected chi connectivity index (χ2v) is 2.70. The summed E-state index contributed by atoms with van der Waals surface area (Å²) in [5.74, 6) is 0.893. The topological polar surface area (TPSA) is 12.0 Å². The van der Waals surface area contributed by atoms with Gasteiger partial charge in [-0.25, -0.2) is 0 Å². The van der Waals surface area contributed by atoms with Gasteiger partial charge in [0, 0.05) is 6.54 Å². The molecule has 0 spiro atoms. The first-order valence-electron chi connectivity index (χ1n) is 3.72. The molecule has 0 rings (SSSR count).